The van der Waals surface area contributed by atoms with Gasteiger partial charge in [0.05, 0.1) is 25.9 Å². The van der Waals surface area contributed by atoms with Crippen molar-refractivity contribution in [2.24, 2.45) is 11.8 Å². The quantitative estimate of drug-likeness (QED) is 0.0838. The number of unbranched alkanes of at least 4 members (excludes halogenated alkanes) is 15. The van der Waals surface area contributed by atoms with Gasteiger partial charge in [0.2, 0.25) is 0 Å². The lowest BCUT2D eigenvalue weighted by molar-refractivity contribution is -0.143. The predicted molar refractivity (Wildman–Crippen MR) is 154 cm³/mol. The van der Waals surface area contributed by atoms with E-state index < -0.39 is 0 Å². The summed E-state index contributed by atoms with van der Waals surface area (Å²) in [7, 11) is 0. The third kappa shape index (κ3) is 17.6. The van der Waals surface area contributed by atoms with Gasteiger partial charge in [0.15, 0.2) is 0 Å². The molecule has 2 N–H and O–H groups in total. The van der Waals surface area contributed by atoms with E-state index in [0.29, 0.717) is 31.8 Å². The molecule has 6 heteroatoms. The maximum atomic E-state index is 12.8. The predicted octanol–water partition coefficient (Wildman–Crippen LogP) is 7.32. The highest BCUT2D eigenvalue weighted by atomic mass is 16.5. The zero-order valence-corrected chi connectivity index (χ0v) is 24.6. The third-order valence-corrected chi connectivity index (χ3v) is 8.09. The van der Waals surface area contributed by atoms with Gasteiger partial charge in [-0.3, -0.25) is 9.59 Å². The van der Waals surface area contributed by atoms with Crippen LogP contribution in [0.2, 0.25) is 0 Å². The lowest BCUT2D eigenvalue weighted by Gasteiger charge is -2.24. The molecule has 1 fully saturated rings. The Morgan fingerprint density at radius 2 is 1.29 bits per heavy atom. The van der Waals surface area contributed by atoms with Crippen molar-refractivity contribution in [3.8, 4) is 0 Å². The standard InChI is InChI=1S/C32H60O6/c1-2-3-4-5-6-9-14-19-25-38-32(36)22-17-12-11-15-20-28-29(21-16-10-7-8-13-18-23-33)31(27-30(28)35)37-26-24-34/h28-29,31,33-34H,2-27H2,1H3/t28-,29-,31-/m1/s1. The van der Waals surface area contributed by atoms with E-state index in [1.807, 2.05) is 0 Å². The summed E-state index contributed by atoms with van der Waals surface area (Å²) >= 11 is 0. The molecule has 1 aliphatic rings. The average Bonchev–Trinajstić information content (AvgIpc) is 3.21. The average molecular weight is 541 g/mol. The molecule has 0 aromatic carbocycles. The molecule has 0 unspecified atom stereocenters. The zero-order chi connectivity index (χ0) is 27.7. The van der Waals surface area contributed by atoms with Crippen LogP contribution in [0.1, 0.15) is 148 Å². The van der Waals surface area contributed by atoms with Gasteiger partial charge in [-0.1, -0.05) is 103 Å². The van der Waals surface area contributed by atoms with E-state index in [0.717, 1.165) is 83.5 Å². The maximum absolute atomic E-state index is 12.8. The Morgan fingerprint density at radius 1 is 0.711 bits per heavy atom. The number of ketones is 1. The van der Waals surface area contributed by atoms with E-state index in [9.17, 15) is 14.7 Å². The normalized spacial score (nSPS) is 19.3. The summed E-state index contributed by atoms with van der Waals surface area (Å²) in [6.07, 6.45) is 23.3. The SMILES string of the molecule is CCCCCCCCCCOC(=O)CCCCCC[C@H]1C(=O)C[C@@H](OCCO)[C@@H]1CCCCCCCCO. The molecular weight excluding hydrogens is 480 g/mol. The lowest BCUT2D eigenvalue weighted by Crippen LogP contribution is -2.24. The fourth-order valence-electron chi connectivity index (χ4n) is 5.83. The van der Waals surface area contributed by atoms with E-state index in [4.69, 9.17) is 14.6 Å². The number of aliphatic hydroxyl groups excluding tert-OH is 2. The number of esters is 1. The fraction of sp³-hybridized carbons (Fsp3) is 0.938. The second-order valence-electron chi connectivity index (χ2n) is 11.4. The second kappa shape index (κ2) is 25.0. The van der Waals surface area contributed by atoms with Gasteiger partial charge in [-0.15, -0.1) is 0 Å². The molecule has 224 valence electrons. The Morgan fingerprint density at radius 3 is 1.95 bits per heavy atom. The first-order valence-electron chi connectivity index (χ1n) is 16.2. The number of hydrogen-bond acceptors (Lipinski definition) is 6. The van der Waals surface area contributed by atoms with Crippen molar-refractivity contribution in [1.29, 1.82) is 0 Å². The molecule has 0 aromatic heterocycles. The minimum absolute atomic E-state index is 0.00546. The molecule has 0 spiro atoms. The van der Waals surface area contributed by atoms with Gasteiger partial charge in [0.1, 0.15) is 5.78 Å². The largest absolute Gasteiger partial charge is 0.466 e. The summed E-state index contributed by atoms with van der Waals surface area (Å²) in [6, 6.07) is 0. The smallest absolute Gasteiger partial charge is 0.305 e. The molecular formula is C32H60O6. The lowest BCUT2D eigenvalue weighted by atomic mass is 9.85. The Hall–Kier alpha value is -0.980. The monoisotopic (exact) mass is 540 g/mol. The number of ether oxygens (including phenoxy) is 2. The molecule has 0 radical (unpaired) electrons. The van der Waals surface area contributed by atoms with Gasteiger partial charge in [0.25, 0.3) is 0 Å². The van der Waals surface area contributed by atoms with Gasteiger partial charge >= 0.3 is 5.97 Å². The van der Waals surface area contributed by atoms with Crippen LogP contribution in [0.4, 0.5) is 0 Å². The van der Waals surface area contributed by atoms with Crippen molar-refractivity contribution in [3.05, 3.63) is 0 Å². The van der Waals surface area contributed by atoms with Crippen molar-refractivity contribution in [2.45, 2.75) is 154 Å². The van der Waals surface area contributed by atoms with Crippen LogP contribution in [0.15, 0.2) is 0 Å². The van der Waals surface area contributed by atoms with Crippen LogP contribution in [-0.2, 0) is 19.1 Å². The maximum Gasteiger partial charge on any atom is 0.305 e. The van der Waals surface area contributed by atoms with Gasteiger partial charge in [-0.2, -0.15) is 0 Å². The minimum Gasteiger partial charge on any atom is -0.466 e. The van der Waals surface area contributed by atoms with E-state index >= 15 is 0 Å². The number of aliphatic hydroxyl groups is 2. The number of Topliss-reactive ketones (excluding diaryl/α,β-unsaturated/α-hetero) is 1. The van der Waals surface area contributed by atoms with Crippen molar-refractivity contribution in [3.63, 3.8) is 0 Å². The summed E-state index contributed by atoms with van der Waals surface area (Å²) in [5, 5.41) is 18.1. The van der Waals surface area contributed by atoms with Crippen LogP contribution < -0.4 is 0 Å². The van der Waals surface area contributed by atoms with Gasteiger partial charge in [-0.05, 0) is 38.0 Å². The molecule has 0 saturated heterocycles. The summed E-state index contributed by atoms with van der Waals surface area (Å²) in [6.45, 7) is 3.37. The van der Waals surface area contributed by atoms with Crippen LogP contribution in [0.3, 0.4) is 0 Å². The fourth-order valence-corrected chi connectivity index (χ4v) is 5.83. The van der Waals surface area contributed by atoms with E-state index in [2.05, 4.69) is 6.92 Å². The first-order valence-corrected chi connectivity index (χ1v) is 16.2. The zero-order valence-electron chi connectivity index (χ0n) is 24.6. The molecule has 1 aliphatic carbocycles. The number of rotatable bonds is 27. The van der Waals surface area contributed by atoms with Crippen molar-refractivity contribution >= 4 is 11.8 Å². The Kier molecular flexibility index (Phi) is 23.1. The van der Waals surface area contributed by atoms with Crippen LogP contribution in [0.25, 0.3) is 0 Å². The minimum atomic E-state index is -0.0702. The van der Waals surface area contributed by atoms with Crippen molar-refractivity contribution in [2.75, 3.05) is 26.4 Å². The Balaban J connectivity index is 2.16. The summed E-state index contributed by atoms with van der Waals surface area (Å²) in [4.78, 5) is 24.8. The summed E-state index contributed by atoms with van der Waals surface area (Å²) in [5.41, 5.74) is 0. The number of carbonyl (C=O) groups is 2. The molecule has 0 amide bonds. The Bertz CT molecular complexity index is 566. The topological polar surface area (TPSA) is 93.1 Å². The highest BCUT2D eigenvalue weighted by Crippen LogP contribution is 2.38. The highest BCUT2D eigenvalue weighted by Gasteiger charge is 2.41. The summed E-state index contributed by atoms with van der Waals surface area (Å²) in [5.74, 6) is 0.590. The van der Waals surface area contributed by atoms with Gasteiger partial charge in [-0.25, -0.2) is 0 Å². The van der Waals surface area contributed by atoms with Crippen molar-refractivity contribution < 1.29 is 29.3 Å². The van der Waals surface area contributed by atoms with E-state index in [1.54, 1.807) is 0 Å². The molecule has 1 rings (SSSR count). The summed E-state index contributed by atoms with van der Waals surface area (Å²) < 4.78 is 11.3. The third-order valence-electron chi connectivity index (χ3n) is 8.09. The number of hydrogen-bond donors (Lipinski definition) is 2. The van der Waals surface area contributed by atoms with Crippen LogP contribution in [0.5, 0.6) is 0 Å². The van der Waals surface area contributed by atoms with E-state index in [1.165, 1.54) is 44.9 Å². The molecule has 38 heavy (non-hydrogen) atoms. The molecule has 0 aromatic rings. The van der Waals surface area contributed by atoms with E-state index in [-0.39, 0.29) is 37.1 Å². The second-order valence-corrected chi connectivity index (χ2v) is 11.4. The highest BCUT2D eigenvalue weighted by molar-refractivity contribution is 5.84. The number of carbonyl (C=O) groups excluding carboxylic acids is 2. The molecule has 6 nitrogen and oxygen atoms in total. The molecule has 0 heterocycles. The van der Waals surface area contributed by atoms with Crippen LogP contribution in [0, 0.1) is 11.8 Å². The molecule has 1 saturated carbocycles. The molecule has 0 aliphatic heterocycles. The van der Waals surface area contributed by atoms with Gasteiger partial charge < -0.3 is 19.7 Å². The first-order chi connectivity index (χ1) is 18.6. The van der Waals surface area contributed by atoms with Crippen LogP contribution in [-0.4, -0.2) is 54.5 Å². The first kappa shape index (κ1) is 35.0. The Labute approximate surface area is 233 Å². The van der Waals surface area contributed by atoms with Crippen LogP contribution >= 0.6 is 0 Å². The molecule has 0 bridgehead atoms. The van der Waals surface area contributed by atoms with Crippen molar-refractivity contribution in [1.82, 2.24) is 0 Å². The van der Waals surface area contributed by atoms with Gasteiger partial charge in [0, 0.05) is 25.4 Å². The molecule has 3 atom stereocenters.